The summed E-state index contributed by atoms with van der Waals surface area (Å²) in [6, 6.07) is 9.65. The third-order valence-electron chi connectivity index (χ3n) is 3.19. The highest BCUT2D eigenvalue weighted by molar-refractivity contribution is 5.78. The Morgan fingerprint density at radius 1 is 1.10 bits per heavy atom. The SMILES string of the molecule is FC(F)(F)c1cccnc1N1CCNc2ccccc21. The third-order valence-corrected chi connectivity index (χ3v) is 3.19. The van der Waals surface area contributed by atoms with Gasteiger partial charge in [-0.05, 0) is 24.3 Å². The second kappa shape index (κ2) is 4.70. The van der Waals surface area contributed by atoms with Crippen molar-refractivity contribution in [1.82, 2.24) is 4.98 Å². The highest BCUT2D eigenvalue weighted by atomic mass is 19.4. The Morgan fingerprint density at radius 2 is 1.90 bits per heavy atom. The molecule has 1 aromatic heterocycles. The van der Waals surface area contributed by atoms with E-state index < -0.39 is 11.7 Å². The molecule has 20 heavy (non-hydrogen) atoms. The fourth-order valence-corrected chi connectivity index (χ4v) is 2.33. The van der Waals surface area contributed by atoms with Crippen LogP contribution >= 0.6 is 0 Å². The van der Waals surface area contributed by atoms with Crippen LogP contribution in [-0.4, -0.2) is 18.1 Å². The molecule has 0 saturated heterocycles. The van der Waals surface area contributed by atoms with Crippen molar-refractivity contribution in [1.29, 1.82) is 0 Å². The van der Waals surface area contributed by atoms with Gasteiger partial charge in [0.15, 0.2) is 0 Å². The lowest BCUT2D eigenvalue weighted by Crippen LogP contribution is -2.32. The maximum atomic E-state index is 13.1. The molecule has 0 amide bonds. The zero-order chi connectivity index (χ0) is 14.2. The fraction of sp³-hybridized carbons (Fsp3) is 0.214. The van der Waals surface area contributed by atoms with Gasteiger partial charge < -0.3 is 10.2 Å². The lowest BCUT2D eigenvalue weighted by Gasteiger charge is -2.32. The average Bonchev–Trinajstić information content (AvgIpc) is 2.46. The summed E-state index contributed by atoms with van der Waals surface area (Å²) in [5.74, 6) is -0.0473. The Morgan fingerprint density at radius 3 is 2.70 bits per heavy atom. The number of hydrogen-bond donors (Lipinski definition) is 1. The second-order valence-electron chi connectivity index (χ2n) is 4.47. The first kappa shape index (κ1) is 12.8. The number of halogens is 3. The number of rotatable bonds is 1. The molecule has 104 valence electrons. The molecule has 0 saturated carbocycles. The molecule has 0 spiro atoms. The van der Waals surface area contributed by atoms with E-state index in [1.54, 1.807) is 17.0 Å². The summed E-state index contributed by atoms with van der Waals surface area (Å²) in [5.41, 5.74) is 0.817. The molecule has 2 heterocycles. The van der Waals surface area contributed by atoms with Crippen molar-refractivity contribution in [2.45, 2.75) is 6.18 Å². The number of anilines is 3. The first-order valence-corrected chi connectivity index (χ1v) is 6.20. The van der Waals surface area contributed by atoms with Crippen LogP contribution in [0.25, 0.3) is 0 Å². The van der Waals surface area contributed by atoms with Gasteiger partial charge in [-0.3, -0.25) is 0 Å². The van der Waals surface area contributed by atoms with E-state index in [9.17, 15) is 13.2 Å². The van der Waals surface area contributed by atoms with E-state index in [1.807, 2.05) is 12.1 Å². The molecule has 1 aliphatic rings. The molecular weight excluding hydrogens is 267 g/mol. The van der Waals surface area contributed by atoms with E-state index in [1.165, 1.54) is 12.3 Å². The summed E-state index contributed by atoms with van der Waals surface area (Å²) in [5, 5.41) is 3.17. The minimum absolute atomic E-state index is 0.0473. The van der Waals surface area contributed by atoms with E-state index in [0.29, 0.717) is 18.8 Å². The van der Waals surface area contributed by atoms with Crippen LogP contribution in [0.3, 0.4) is 0 Å². The second-order valence-corrected chi connectivity index (χ2v) is 4.47. The number of pyridine rings is 1. The van der Waals surface area contributed by atoms with Crippen LogP contribution in [-0.2, 0) is 6.18 Å². The number of nitrogens with zero attached hydrogens (tertiary/aromatic N) is 2. The third kappa shape index (κ3) is 2.17. The number of benzene rings is 1. The number of para-hydroxylation sites is 2. The lowest BCUT2D eigenvalue weighted by molar-refractivity contribution is -0.137. The molecule has 6 heteroatoms. The number of aromatic nitrogens is 1. The molecule has 3 rings (SSSR count). The van der Waals surface area contributed by atoms with Gasteiger partial charge >= 0.3 is 6.18 Å². The van der Waals surface area contributed by atoms with Gasteiger partial charge in [-0.15, -0.1) is 0 Å². The van der Waals surface area contributed by atoms with Gasteiger partial charge in [-0.2, -0.15) is 13.2 Å². The molecule has 2 aromatic rings. The normalized spacial score (nSPS) is 14.7. The van der Waals surface area contributed by atoms with Crippen LogP contribution in [0.15, 0.2) is 42.6 Å². The van der Waals surface area contributed by atoms with Crippen LogP contribution in [0, 0.1) is 0 Å². The van der Waals surface area contributed by atoms with Gasteiger partial charge in [-0.25, -0.2) is 4.98 Å². The van der Waals surface area contributed by atoms with Gasteiger partial charge in [0.1, 0.15) is 5.82 Å². The Hall–Kier alpha value is -2.24. The predicted molar refractivity (Wildman–Crippen MR) is 71.2 cm³/mol. The topological polar surface area (TPSA) is 28.2 Å². The highest BCUT2D eigenvalue weighted by Gasteiger charge is 2.36. The van der Waals surface area contributed by atoms with E-state index in [-0.39, 0.29) is 5.82 Å². The summed E-state index contributed by atoms with van der Waals surface area (Å²) in [4.78, 5) is 5.55. The highest BCUT2D eigenvalue weighted by Crippen LogP contribution is 2.40. The van der Waals surface area contributed by atoms with E-state index in [2.05, 4.69) is 10.3 Å². The van der Waals surface area contributed by atoms with Crippen LogP contribution < -0.4 is 10.2 Å². The Bertz CT molecular complexity index is 625. The standard InChI is InChI=1S/C14H12F3N3/c15-14(16,17)10-4-3-7-19-13(10)20-9-8-18-11-5-1-2-6-12(11)20/h1-7,18H,8-9H2. The first-order chi connectivity index (χ1) is 9.57. The van der Waals surface area contributed by atoms with Gasteiger partial charge in [0, 0.05) is 19.3 Å². The monoisotopic (exact) mass is 279 g/mol. The average molecular weight is 279 g/mol. The van der Waals surface area contributed by atoms with Crippen LogP contribution in [0.4, 0.5) is 30.4 Å². The fourth-order valence-electron chi connectivity index (χ4n) is 2.33. The molecule has 0 bridgehead atoms. The molecule has 0 unspecified atom stereocenters. The van der Waals surface area contributed by atoms with Crippen LogP contribution in [0.1, 0.15) is 5.56 Å². The first-order valence-electron chi connectivity index (χ1n) is 6.20. The number of alkyl halides is 3. The molecule has 1 aliphatic heterocycles. The Kier molecular flexibility index (Phi) is 3.00. The smallest absolute Gasteiger partial charge is 0.382 e. The summed E-state index contributed by atoms with van der Waals surface area (Å²) < 4.78 is 39.3. The number of nitrogens with one attached hydrogen (secondary N) is 1. The van der Waals surface area contributed by atoms with E-state index in [0.717, 1.165) is 11.8 Å². The molecule has 1 N–H and O–H groups in total. The van der Waals surface area contributed by atoms with Gasteiger partial charge in [-0.1, -0.05) is 12.1 Å². The van der Waals surface area contributed by atoms with Crippen molar-refractivity contribution in [3.8, 4) is 0 Å². The molecule has 1 aromatic carbocycles. The van der Waals surface area contributed by atoms with Crippen molar-refractivity contribution in [3.05, 3.63) is 48.2 Å². The van der Waals surface area contributed by atoms with Crippen LogP contribution in [0.2, 0.25) is 0 Å². The quantitative estimate of drug-likeness (QED) is 0.863. The summed E-state index contributed by atoms with van der Waals surface area (Å²) in [6.45, 7) is 1.02. The minimum atomic E-state index is -4.41. The maximum Gasteiger partial charge on any atom is 0.419 e. The maximum absolute atomic E-state index is 13.1. The van der Waals surface area contributed by atoms with Gasteiger partial charge in [0.25, 0.3) is 0 Å². The van der Waals surface area contributed by atoms with Crippen molar-refractivity contribution in [3.63, 3.8) is 0 Å². The largest absolute Gasteiger partial charge is 0.419 e. The summed E-state index contributed by atoms with van der Waals surface area (Å²) in [6.07, 6.45) is -3.03. The predicted octanol–water partition coefficient (Wildman–Crippen LogP) is 3.66. The number of hydrogen-bond acceptors (Lipinski definition) is 3. The molecule has 0 aliphatic carbocycles. The van der Waals surface area contributed by atoms with E-state index >= 15 is 0 Å². The molecule has 0 fully saturated rings. The minimum Gasteiger partial charge on any atom is -0.382 e. The van der Waals surface area contributed by atoms with E-state index in [4.69, 9.17) is 0 Å². The molecule has 0 atom stereocenters. The summed E-state index contributed by atoms with van der Waals surface area (Å²) >= 11 is 0. The Labute approximate surface area is 114 Å². The van der Waals surface area contributed by atoms with Gasteiger partial charge in [0.2, 0.25) is 0 Å². The van der Waals surface area contributed by atoms with Gasteiger partial charge in [0.05, 0.1) is 16.9 Å². The number of fused-ring (bicyclic) bond motifs is 1. The zero-order valence-electron chi connectivity index (χ0n) is 10.5. The lowest BCUT2D eigenvalue weighted by atomic mass is 10.1. The van der Waals surface area contributed by atoms with Crippen molar-refractivity contribution in [2.24, 2.45) is 0 Å². The van der Waals surface area contributed by atoms with Crippen molar-refractivity contribution < 1.29 is 13.2 Å². The van der Waals surface area contributed by atoms with Crippen molar-refractivity contribution >= 4 is 17.2 Å². The van der Waals surface area contributed by atoms with Crippen LogP contribution in [0.5, 0.6) is 0 Å². The molecule has 0 radical (unpaired) electrons. The van der Waals surface area contributed by atoms with Crippen molar-refractivity contribution in [2.75, 3.05) is 23.3 Å². The zero-order valence-corrected chi connectivity index (χ0v) is 10.5. The summed E-state index contributed by atoms with van der Waals surface area (Å²) in [7, 11) is 0. The molecular formula is C14H12F3N3. The molecule has 3 nitrogen and oxygen atoms in total. The Balaban J connectivity index is 2.12.